The molecule has 1 unspecified atom stereocenters. The smallest absolute Gasteiger partial charge is 0.326 e. The quantitative estimate of drug-likeness (QED) is 0.510. The van der Waals surface area contributed by atoms with Crippen LogP contribution in [-0.2, 0) is 7.05 Å². The number of fused-ring (bicyclic) bond motifs is 1. The van der Waals surface area contributed by atoms with Crippen molar-refractivity contribution in [1.82, 2.24) is 19.9 Å². The van der Waals surface area contributed by atoms with E-state index >= 15 is 0 Å². The molecule has 31 heavy (non-hydrogen) atoms. The van der Waals surface area contributed by atoms with E-state index in [1.807, 2.05) is 0 Å². The summed E-state index contributed by atoms with van der Waals surface area (Å²) in [5.74, 6) is -1.95. The van der Waals surface area contributed by atoms with Gasteiger partial charge in [-0.2, -0.15) is 0 Å². The van der Waals surface area contributed by atoms with Crippen molar-refractivity contribution in [3.63, 3.8) is 0 Å². The first-order valence-electron chi connectivity index (χ1n) is 9.40. The first kappa shape index (κ1) is 20.3. The minimum absolute atomic E-state index is 0.120. The summed E-state index contributed by atoms with van der Waals surface area (Å²) in [5, 5.41) is 2.87. The number of imidazole rings is 1. The van der Waals surface area contributed by atoms with Gasteiger partial charge in [0, 0.05) is 30.9 Å². The topological polar surface area (TPSA) is 89.0 Å². The maximum Gasteiger partial charge on any atom is 0.326 e. The number of carbonyl (C=O) groups is 1. The van der Waals surface area contributed by atoms with E-state index in [2.05, 4.69) is 15.3 Å². The first-order valence-corrected chi connectivity index (χ1v) is 9.40. The van der Waals surface area contributed by atoms with Gasteiger partial charge < -0.3 is 15.0 Å². The van der Waals surface area contributed by atoms with Crippen molar-refractivity contribution in [2.75, 3.05) is 0 Å². The van der Waals surface area contributed by atoms with Crippen molar-refractivity contribution in [2.45, 2.75) is 13.0 Å². The Bertz CT molecular complexity index is 1330. The van der Waals surface area contributed by atoms with E-state index in [0.717, 1.165) is 17.7 Å². The second-order valence-electron chi connectivity index (χ2n) is 7.02. The minimum atomic E-state index is -1.01. The molecule has 0 aliphatic rings. The molecule has 2 aromatic heterocycles. The second kappa shape index (κ2) is 8.02. The van der Waals surface area contributed by atoms with Crippen LogP contribution in [0.25, 0.3) is 11.0 Å². The van der Waals surface area contributed by atoms with Gasteiger partial charge in [-0.3, -0.25) is 9.36 Å². The van der Waals surface area contributed by atoms with E-state index in [4.69, 9.17) is 4.74 Å². The molecule has 0 fully saturated rings. The van der Waals surface area contributed by atoms with Gasteiger partial charge >= 0.3 is 5.69 Å². The predicted molar refractivity (Wildman–Crippen MR) is 110 cm³/mol. The average molecular weight is 424 g/mol. The van der Waals surface area contributed by atoms with Crippen molar-refractivity contribution in [1.29, 1.82) is 0 Å². The van der Waals surface area contributed by atoms with Crippen molar-refractivity contribution in [3.8, 4) is 11.6 Å². The summed E-state index contributed by atoms with van der Waals surface area (Å²) >= 11 is 0. The van der Waals surface area contributed by atoms with Crippen LogP contribution in [0.2, 0.25) is 0 Å². The van der Waals surface area contributed by atoms with Crippen LogP contribution in [-0.4, -0.2) is 20.4 Å². The van der Waals surface area contributed by atoms with Gasteiger partial charge in [-0.1, -0.05) is 6.07 Å². The first-order chi connectivity index (χ1) is 14.8. The number of rotatable bonds is 5. The molecular weight excluding hydrogens is 406 g/mol. The number of nitrogens with one attached hydrogen (secondary N) is 2. The van der Waals surface area contributed by atoms with Gasteiger partial charge in [0.1, 0.15) is 5.75 Å². The Kier molecular flexibility index (Phi) is 5.24. The van der Waals surface area contributed by atoms with Crippen LogP contribution in [0.5, 0.6) is 11.6 Å². The number of hydrogen-bond acceptors (Lipinski definition) is 4. The van der Waals surface area contributed by atoms with Gasteiger partial charge in [0.15, 0.2) is 11.6 Å². The summed E-state index contributed by atoms with van der Waals surface area (Å²) in [7, 11) is 1.65. The normalized spacial score (nSPS) is 12.0. The van der Waals surface area contributed by atoms with Crippen molar-refractivity contribution < 1.29 is 18.3 Å². The zero-order valence-electron chi connectivity index (χ0n) is 16.6. The van der Waals surface area contributed by atoms with E-state index in [1.54, 1.807) is 44.3 Å². The summed E-state index contributed by atoms with van der Waals surface area (Å²) < 4.78 is 33.2. The van der Waals surface area contributed by atoms with Crippen LogP contribution in [0, 0.1) is 11.6 Å². The van der Waals surface area contributed by atoms with Gasteiger partial charge in [-0.15, -0.1) is 0 Å². The number of carbonyl (C=O) groups excluding carboxylic acids is 1. The zero-order chi connectivity index (χ0) is 22.1. The fourth-order valence-corrected chi connectivity index (χ4v) is 3.11. The highest BCUT2D eigenvalue weighted by Gasteiger charge is 2.14. The third kappa shape index (κ3) is 4.16. The molecule has 0 saturated carbocycles. The largest absolute Gasteiger partial charge is 0.439 e. The van der Waals surface area contributed by atoms with Crippen LogP contribution < -0.4 is 15.7 Å². The second-order valence-corrected chi connectivity index (χ2v) is 7.02. The Hall–Kier alpha value is -4.01. The molecule has 4 rings (SSSR count). The molecule has 0 bridgehead atoms. The number of halogens is 2. The molecule has 2 N–H and O–H groups in total. The summed E-state index contributed by atoms with van der Waals surface area (Å²) in [6, 6.07) is 11.1. The lowest BCUT2D eigenvalue weighted by molar-refractivity contribution is 0.0940. The van der Waals surface area contributed by atoms with Crippen LogP contribution in [0.1, 0.15) is 28.9 Å². The molecule has 0 spiro atoms. The zero-order valence-corrected chi connectivity index (χ0v) is 16.6. The number of aromatic amines is 1. The molecule has 0 aliphatic heterocycles. The van der Waals surface area contributed by atoms with Gasteiger partial charge in [0.2, 0.25) is 5.88 Å². The maximum absolute atomic E-state index is 13.3. The molecule has 0 saturated heterocycles. The van der Waals surface area contributed by atoms with E-state index in [0.29, 0.717) is 16.6 Å². The number of benzene rings is 2. The SMILES string of the molecule is CC(NC(=O)c1ccc2c(c1)[nH]c(=O)n2C)c1ccc(Oc2ccc(F)c(F)c2)nc1. The number of hydrogen-bond donors (Lipinski definition) is 2. The Morgan fingerprint density at radius 3 is 2.65 bits per heavy atom. The third-order valence-corrected chi connectivity index (χ3v) is 4.89. The summed E-state index contributed by atoms with van der Waals surface area (Å²) in [4.78, 5) is 31.2. The van der Waals surface area contributed by atoms with Crippen molar-refractivity contribution in [2.24, 2.45) is 7.05 Å². The maximum atomic E-state index is 13.3. The molecular formula is C22H18F2N4O3. The Balaban J connectivity index is 1.44. The average Bonchev–Trinajstić information content (AvgIpc) is 3.04. The number of aryl methyl sites for hydroxylation is 1. The number of pyridine rings is 1. The summed E-state index contributed by atoms with van der Waals surface area (Å²) in [6.07, 6.45) is 1.53. The highest BCUT2D eigenvalue weighted by molar-refractivity contribution is 5.97. The Morgan fingerprint density at radius 1 is 1.13 bits per heavy atom. The number of ether oxygens (including phenoxy) is 1. The van der Waals surface area contributed by atoms with Crippen molar-refractivity contribution in [3.05, 3.63) is 88.0 Å². The van der Waals surface area contributed by atoms with E-state index in [9.17, 15) is 18.4 Å². The number of aromatic nitrogens is 3. The highest BCUT2D eigenvalue weighted by atomic mass is 19.2. The molecule has 158 valence electrons. The fourth-order valence-electron chi connectivity index (χ4n) is 3.11. The molecule has 2 aromatic carbocycles. The molecule has 1 amide bonds. The molecule has 7 nitrogen and oxygen atoms in total. The van der Waals surface area contributed by atoms with E-state index < -0.39 is 11.6 Å². The highest BCUT2D eigenvalue weighted by Crippen LogP contribution is 2.23. The summed E-state index contributed by atoms with van der Waals surface area (Å²) in [6.45, 7) is 1.80. The van der Waals surface area contributed by atoms with Gasteiger partial charge in [0.05, 0.1) is 17.1 Å². The predicted octanol–water partition coefficient (Wildman–Crippen LogP) is 3.82. The lowest BCUT2D eigenvalue weighted by Crippen LogP contribution is -2.26. The standard InChI is InChI=1S/C22H18F2N4O3/c1-12(26-21(29)13-3-7-19-18(9-13)27-22(30)28(19)2)14-4-8-20(25-11-14)31-15-5-6-16(23)17(24)10-15/h3-12H,1-2H3,(H,26,29)(H,27,30). The van der Waals surface area contributed by atoms with Gasteiger partial charge in [-0.25, -0.2) is 18.6 Å². The number of amides is 1. The van der Waals surface area contributed by atoms with Crippen LogP contribution >= 0.6 is 0 Å². The van der Waals surface area contributed by atoms with Gasteiger partial charge in [-0.05, 0) is 42.8 Å². The van der Waals surface area contributed by atoms with Crippen LogP contribution in [0.4, 0.5) is 8.78 Å². The monoisotopic (exact) mass is 424 g/mol. The van der Waals surface area contributed by atoms with E-state index in [-0.39, 0.29) is 29.3 Å². The fraction of sp³-hybridized carbons (Fsp3) is 0.136. The summed E-state index contributed by atoms with van der Waals surface area (Å²) in [5.41, 5.74) is 2.16. The number of nitrogens with zero attached hydrogens (tertiary/aromatic N) is 2. The van der Waals surface area contributed by atoms with E-state index in [1.165, 1.54) is 16.8 Å². The van der Waals surface area contributed by atoms with Crippen LogP contribution in [0.15, 0.2) is 59.5 Å². The third-order valence-electron chi connectivity index (χ3n) is 4.89. The molecule has 9 heteroatoms. The Morgan fingerprint density at radius 2 is 1.94 bits per heavy atom. The molecule has 4 aromatic rings. The molecule has 0 aliphatic carbocycles. The lowest BCUT2D eigenvalue weighted by atomic mass is 10.1. The lowest BCUT2D eigenvalue weighted by Gasteiger charge is -2.14. The Labute approximate surface area is 175 Å². The molecule has 2 heterocycles. The number of H-pyrrole nitrogens is 1. The molecule has 1 atom stereocenters. The van der Waals surface area contributed by atoms with Crippen LogP contribution in [0.3, 0.4) is 0 Å². The minimum Gasteiger partial charge on any atom is -0.439 e. The van der Waals surface area contributed by atoms with Gasteiger partial charge in [0.25, 0.3) is 5.91 Å². The van der Waals surface area contributed by atoms with Crippen molar-refractivity contribution >= 4 is 16.9 Å². The molecule has 0 radical (unpaired) electrons.